The molecule has 1 aliphatic carbocycles. The number of amides is 1. The second kappa shape index (κ2) is 8.70. The fraction of sp³-hybridized carbons (Fsp3) is 0.778. The van der Waals surface area contributed by atoms with Gasteiger partial charge >= 0.3 is 0 Å². The van der Waals surface area contributed by atoms with Crippen LogP contribution in [0.15, 0.2) is 4.90 Å². The standard InChI is InChI=1S/C18H30N4O4S/c1-14-18(27(24,25)21-9-11-26-12-10-21)15(2)22(20-14)13-17(23)19-16-7-5-3-4-6-8-16/h16H,3-13H2,1-2H3,(H,19,23). The normalized spacial score (nSPS) is 20.4. The quantitative estimate of drug-likeness (QED) is 0.756. The molecule has 2 aliphatic rings. The maximum absolute atomic E-state index is 13.0. The summed E-state index contributed by atoms with van der Waals surface area (Å²) in [5.74, 6) is -0.108. The van der Waals surface area contributed by atoms with Crippen molar-refractivity contribution in [3.63, 3.8) is 0 Å². The number of carbonyl (C=O) groups excluding carboxylic acids is 1. The molecule has 0 radical (unpaired) electrons. The van der Waals surface area contributed by atoms with Gasteiger partial charge in [0.15, 0.2) is 0 Å². The first-order chi connectivity index (χ1) is 12.9. The zero-order valence-electron chi connectivity index (χ0n) is 16.2. The van der Waals surface area contributed by atoms with Crippen LogP contribution < -0.4 is 5.32 Å². The first kappa shape index (κ1) is 20.3. The van der Waals surface area contributed by atoms with Gasteiger partial charge in [-0.3, -0.25) is 9.48 Å². The molecule has 3 rings (SSSR count). The Hall–Kier alpha value is -1.45. The van der Waals surface area contributed by atoms with E-state index < -0.39 is 10.0 Å². The molecular weight excluding hydrogens is 368 g/mol. The lowest BCUT2D eigenvalue weighted by Crippen LogP contribution is -2.41. The first-order valence-corrected chi connectivity index (χ1v) is 11.2. The van der Waals surface area contributed by atoms with Crippen LogP contribution in [-0.2, 0) is 26.1 Å². The van der Waals surface area contributed by atoms with Crippen LogP contribution in [0.2, 0.25) is 0 Å². The summed E-state index contributed by atoms with van der Waals surface area (Å²) in [6.07, 6.45) is 6.78. The molecule has 1 aromatic heterocycles. The number of hydrogen-bond acceptors (Lipinski definition) is 5. The highest BCUT2D eigenvalue weighted by Gasteiger charge is 2.32. The predicted molar refractivity (Wildman–Crippen MR) is 101 cm³/mol. The third kappa shape index (κ3) is 4.70. The van der Waals surface area contributed by atoms with E-state index in [1.54, 1.807) is 13.8 Å². The number of aromatic nitrogens is 2. The zero-order chi connectivity index (χ0) is 19.4. The highest BCUT2D eigenvalue weighted by molar-refractivity contribution is 7.89. The van der Waals surface area contributed by atoms with Crippen LogP contribution in [0.5, 0.6) is 0 Å². The lowest BCUT2D eigenvalue weighted by Gasteiger charge is -2.26. The number of aryl methyl sites for hydroxylation is 1. The predicted octanol–water partition coefficient (Wildman–Crippen LogP) is 1.36. The summed E-state index contributed by atoms with van der Waals surface area (Å²) in [5, 5.41) is 7.43. The van der Waals surface area contributed by atoms with Gasteiger partial charge in [0.2, 0.25) is 15.9 Å². The third-order valence-electron chi connectivity index (χ3n) is 5.40. The topological polar surface area (TPSA) is 93.5 Å². The molecule has 2 heterocycles. The molecule has 0 aromatic carbocycles. The van der Waals surface area contributed by atoms with Crippen LogP contribution in [0.4, 0.5) is 0 Å². The number of rotatable bonds is 5. The lowest BCUT2D eigenvalue weighted by molar-refractivity contribution is -0.122. The molecule has 1 aromatic rings. The number of nitrogens with zero attached hydrogens (tertiary/aromatic N) is 3. The Morgan fingerprint density at radius 1 is 1.15 bits per heavy atom. The minimum Gasteiger partial charge on any atom is -0.379 e. The molecule has 152 valence electrons. The van der Waals surface area contributed by atoms with E-state index in [0.717, 1.165) is 25.7 Å². The lowest BCUT2D eigenvalue weighted by atomic mass is 10.1. The summed E-state index contributed by atoms with van der Waals surface area (Å²) >= 11 is 0. The molecule has 1 saturated carbocycles. The summed E-state index contributed by atoms with van der Waals surface area (Å²) in [6.45, 7) is 4.92. The van der Waals surface area contributed by atoms with E-state index in [-0.39, 0.29) is 23.4 Å². The third-order valence-corrected chi connectivity index (χ3v) is 7.55. The number of morpholine rings is 1. The average molecular weight is 399 g/mol. The maximum Gasteiger partial charge on any atom is 0.246 e. The van der Waals surface area contributed by atoms with Crippen molar-refractivity contribution < 1.29 is 17.9 Å². The fourth-order valence-corrected chi connectivity index (χ4v) is 5.74. The van der Waals surface area contributed by atoms with Gasteiger partial charge in [0.25, 0.3) is 0 Å². The Kier molecular flexibility index (Phi) is 6.54. The number of sulfonamides is 1. The van der Waals surface area contributed by atoms with Gasteiger partial charge in [-0.25, -0.2) is 8.42 Å². The monoisotopic (exact) mass is 398 g/mol. The second-order valence-corrected chi connectivity index (χ2v) is 9.30. The van der Waals surface area contributed by atoms with E-state index in [4.69, 9.17) is 4.74 Å². The Bertz CT molecular complexity index is 761. The van der Waals surface area contributed by atoms with E-state index >= 15 is 0 Å². The molecule has 1 N–H and O–H groups in total. The summed E-state index contributed by atoms with van der Waals surface area (Å²) in [5.41, 5.74) is 0.941. The Labute approximate surface area is 161 Å². The van der Waals surface area contributed by atoms with Gasteiger partial charge in [-0.1, -0.05) is 25.7 Å². The molecule has 27 heavy (non-hydrogen) atoms. The molecule has 9 heteroatoms. The number of carbonyl (C=O) groups is 1. The zero-order valence-corrected chi connectivity index (χ0v) is 17.1. The van der Waals surface area contributed by atoms with Gasteiger partial charge in [-0.15, -0.1) is 0 Å². The fourth-order valence-electron chi connectivity index (χ4n) is 3.96. The second-order valence-electron chi connectivity index (χ2n) is 7.43. The number of hydrogen-bond donors (Lipinski definition) is 1. The summed E-state index contributed by atoms with van der Waals surface area (Å²) in [6, 6.07) is 0.216. The van der Waals surface area contributed by atoms with E-state index in [1.165, 1.54) is 21.8 Å². The van der Waals surface area contributed by atoms with Crippen molar-refractivity contribution in [3.8, 4) is 0 Å². The van der Waals surface area contributed by atoms with Crippen molar-refractivity contribution in [2.45, 2.75) is 69.9 Å². The molecule has 1 saturated heterocycles. The number of nitrogens with one attached hydrogen (secondary N) is 1. The molecule has 2 fully saturated rings. The van der Waals surface area contributed by atoms with E-state index in [2.05, 4.69) is 10.4 Å². The van der Waals surface area contributed by atoms with E-state index in [1.807, 2.05) is 0 Å². The van der Waals surface area contributed by atoms with E-state index in [9.17, 15) is 13.2 Å². The highest BCUT2D eigenvalue weighted by Crippen LogP contribution is 2.24. The summed E-state index contributed by atoms with van der Waals surface area (Å²) < 4.78 is 34.2. The Morgan fingerprint density at radius 2 is 1.78 bits per heavy atom. The molecule has 0 unspecified atom stereocenters. The first-order valence-electron chi connectivity index (χ1n) is 9.81. The Balaban J connectivity index is 1.72. The van der Waals surface area contributed by atoms with Crippen LogP contribution in [-0.4, -0.2) is 60.8 Å². The van der Waals surface area contributed by atoms with Crippen molar-refractivity contribution in [1.29, 1.82) is 0 Å². The largest absolute Gasteiger partial charge is 0.379 e. The minimum absolute atomic E-state index is 0.0435. The minimum atomic E-state index is -3.63. The van der Waals surface area contributed by atoms with Crippen molar-refractivity contribution >= 4 is 15.9 Å². The van der Waals surface area contributed by atoms with Gasteiger partial charge in [0.05, 0.1) is 24.6 Å². The highest BCUT2D eigenvalue weighted by atomic mass is 32.2. The smallest absolute Gasteiger partial charge is 0.246 e. The maximum atomic E-state index is 13.0. The molecule has 1 amide bonds. The average Bonchev–Trinajstić information content (AvgIpc) is 2.80. The SMILES string of the molecule is Cc1nn(CC(=O)NC2CCCCCC2)c(C)c1S(=O)(=O)N1CCOCC1. The van der Waals surface area contributed by atoms with Gasteiger partial charge in [-0.05, 0) is 26.7 Å². The van der Waals surface area contributed by atoms with Crippen LogP contribution in [0.25, 0.3) is 0 Å². The van der Waals surface area contributed by atoms with Crippen molar-refractivity contribution in [1.82, 2.24) is 19.4 Å². The van der Waals surface area contributed by atoms with Crippen molar-refractivity contribution in [3.05, 3.63) is 11.4 Å². The molecular formula is C18H30N4O4S. The van der Waals surface area contributed by atoms with Crippen molar-refractivity contribution in [2.24, 2.45) is 0 Å². The van der Waals surface area contributed by atoms with Gasteiger partial charge in [0.1, 0.15) is 11.4 Å². The van der Waals surface area contributed by atoms with E-state index in [0.29, 0.717) is 37.7 Å². The molecule has 0 bridgehead atoms. The van der Waals surface area contributed by atoms with Gasteiger partial charge in [0, 0.05) is 19.1 Å². The van der Waals surface area contributed by atoms with Gasteiger partial charge in [-0.2, -0.15) is 9.40 Å². The summed E-state index contributed by atoms with van der Waals surface area (Å²) in [7, 11) is -3.63. The van der Waals surface area contributed by atoms with Crippen molar-refractivity contribution in [2.75, 3.05) is 26.3 Å². The molecule has 0 atom stereocenters. The number of ether oxygens (including phenoxy) is 1. The Morgan fingerprint density at radius 3 is 2.41 bits per heavy atom. The molecule has 8 nitrogen and oxygen atoms in total. The van der Waals surface area contributed by atoms with Crippen LogP contribution >= 0.6 is 0 Å². The van der Waals surface area contributed by atoms with Gasteiger partial charge < -0.3 is 10.1 Å². The van der Waals surface area contributed by atoms with Crippen LogP contribution in [0, 0.1) is 13.8 Å². The van der Waals surface area contributed by atoms with Crippen LogP contribution in [0.1, 0.15) is 49.9 Å². The molecule has 1 aliphatic heterocycles. The molecule has 0 spiro atoms. The summed E-state index contributed by atoms with van der Waals surface area (Å²) in [4.78, 5) is 12.7. The van der Waals surface area contributed by atoms with Crippen LogP contribution in [0.3, 0.4) is 0 Å².